The predicted octanol–water partition coefficient (Wildman–Crippen LogP) is 6.81. The molecule has 3 unspecified atom stereocenters. The first-order chi connectivity index (χ1) is 18.7. The summed E-state index contributed by atoms with van der Waals surface area (Å²) in [7, 11) is -4.44. The molecule has 228 valence electrons. The molecule has 0 spiro atoms. The average Bonchev–Trinajstić information content (AvgIpc) is 2.88. The second-order valence-electron chi connectivity index (χ2n) is 10.5. The lowest BCUT2D eigenvalue weighted by atomic mass is 10.1. The molecular weight excluding hydrogens is 514 g/mol. The van der Waals surface area contributed by atoms with E-state index in [2.05, 4.69) is 43.5 Å². The van der Waals surface area contributed by atoms with Crippen molar-refractivity contribution in [3.05, 3.63) is 36.5 Å². The van der Waals surface area contributed by atoms with Crippen LogP contribution in [0.3, 0.4) is 0 Å². The van der Waals surface area contributed by atoms with Crippen LogP contribution < -0.4 is 5.32 Å². The maximum atomic E-state index is 12.4. The SMILES string of the molecule is CCCCCC/C=C/CC/C=C/C(O)C(CS(=O)(=O)O)NC(=O)C(O)CCCC/C=C\CCCCCCCC. The topological polar surface area (TPSA) is 124 Å². The van der Waals surface area contributed by atoms with Gasteiger partial charge in [-0.2, -0.15) is 8.42 Å². The molecule has 0 saturated heterocycles. The van der Waals surface area contributed by atoms with Gasteiger partial charge in [0.1, 0.15) is 6.10 Å². The summed E-state index contributed by atoms with van der Waals surface area (Å²) in [6.07, 6.45) is 27.9. The zero-order valence-electron chi connectivity index (χ0n) is 24.6. The fourth-order valence-corrected chi connectivity index (χ4v) is 4.96. The summed E-state index contributed by atoms with van der Waals surface area (Å²) in [5.41, 5.74) is 0. The van der Waals surface area contributed by atoms with Crippen LogP contribution in [-0.2, 0) is 14.9 Å². The predicted molar refractivity (Wildman–Crippen MR) is 162 cm³/mol. The van der Waals surface area contributed by atoms with Gasteiger partial charge in [0.25, 0.3) is 10.1 Å². The molecule has 8 heteroatoms. The Morgan fingerprint density at radius 3 is 1.72 bits per heavy atom. The third kappa shape index (κ3) is 25.2. The number of hydrogen-bond donors (Lipinski definition) is 4. The Hall–Kier alpha value is -1.48. The molecule has 0 saturated carbocycles. The molecule has 1 amide bonds. The van der Waals surface area contributed by atoms with Gasteiger partial charge in [0, 0.05) is 0 Å². The van der Waals surface area contributed by atoms with Crippen LogP contribution in [0.15, 0.2) is 36.5 Å². The minimum absolute atomic E-state index is 0.242. The number of carbonyl (C=O) groups excluding carboxylic acids is 1. The van der Waals surface area contributed by atoms with Gasteiger partial charge < -0.3 is 15.5 Å². The van der Waals surface area contributed by atoms with Crippen molar-refractivity contribution < 1.29 is 28.0 Å². The maximum Gasteiger partial charge on any atom is 0.267 e. The summed E-state index contributed by atoms with van der Waals surface area (Å²) in [5.74, 6) is -1.58. The Labute approximate surface area is 239 Å². The number of carbonyl (C=O) groups is 1. The van der Waals surface area contributed by atoms with Gasteiger partial charge in [-0.15, -0.1) is 0 Å². The number of aliphatic hydroxyl groups is 2. The summed E-state index contributed by atoms with van der Waals surface area (Å²) < 4.78 is 32.1. The van der Waals surface area contributed by atoms with Crippen molar-refractivity contribution in [2.45, 2.75) is 148 Å². The minimum atomic E-state index is -4.44. The number of unbranched alkanes of at least 4 members (excludes halogenated alkanes) is 13. The van der Waals surface area contributed by atoms with E-state index in [-0.39, 0.29) is 6.42 Å². The summed E-state index contributed by atoms with van der Waals surface area (Å²) in [6, 6.07) is -1.25. The molecule has 0 aromatic carbocycles. The first-order valence-electron chi connectivity index (χ1n) is 15.3. The van der Waals surface area contributed by atoms with Crippen LogP contribution in [-0.4, -0.2) is 53.1 Å². The Balaban J connectivity index is 4.35. The third-order valence-electron chi connectivity index (χ3n) is 6.65. The molecule has 0 aliphatic heterocycles. The van der Waals surface area contributed by atoms with E-state index in [1.165, 1.54) is 70.3 Å². The lowest BCUT2D eigenvalue weighted by Gasteiger charge is -2.22. The molecule has 39 heavy (non-hydrogen) atoms. The zero-order chi connectivity index (χ0) is 29.2. The van der Waals surface area contributed by atoms with Crippen molar-refractivity contribution in [3.8, 4) is 0 Å². The van der Waals surface area contributed by atoms with Gasteiger partial charge in [-0.3, -0.25) is 9.35 Å². The zero-order valence-corrected chi connectivity index (χ0v) is 25.4. The van der Waals surface area contributed by atoms with Crippen LogP contribution in [0.1, 0.15) is 129 Å². The number of hydrogen-bond acceptors (Lipinski definition) is 5. The fraction of sp³-hybridized carbons (Fsp3) is 0.774. The standard InChI is InChI=1S/C31H57NO6S/c1-3-5-7-9-11-13-15-16-18-20-22-24-26-30(34)31(35)32-28(27-39(36,37)38)29(33)25-23-21-19-17-14-12-10-8-6-4-2/h14,16-18,23,25,28-30,33-34H,3-13,15,19-22,24,26-27H2,1-2H3,(H,32,35)(H,36,37,38)/b17-14+,18-16-,25-23+. The first kappa shape index (κ1) is 37.5. The van der Waals surface area contributed by atoms with E-state index in [1.54, 1.807) is 6.08 Å². The quantitative estimate of drug-likeness (QED) is 0.0514. The minimum Gasteiger partial charge on any atom is -0.387 e. The van der Waals surface area contributed by atoms with Gasteiger partial charge in [-0.25, -0.2) is 0 Å². The number of aliphatic hydroxyl groups excluding tert-OH is 2. The van der Waals surface area contributed by atoms with Gasteiger partial charge in [0.15, 0.2) is 0 Å². The molecule has 3 atom stereocenters. The molecule has 0 aliphatic carbocycles. The molecule has 0 rings (SSSR count). The van der Waals surface area contributed by atoms with Crippen LogP contribution in [0, 0.1) is 0 Å². The Bertz CT molecular complexity index is 778. The van der Waals surface area contributed by atoms with Crippen molar-refractivity contribution in [1.29, 1.82) is 0 Å². The number of allylic oxidation sites excluding steroid dienone is 5. The molecule has 0 fully saturated rings. The monoisotopic (exact) mass is 571 g/mol. The molecule has 0 aromatic heterocycles. The van der Waals surface area contributed by atoms with Crippen LogP contribution >= 0.6 is 0 Å². The molecule has 4 N–H and O–H groups in total. The average molecular weight is 572 g/mol. The summed E-state index contributed by atoms with van der Waals surface area (Å²) >= 11 is 0. The van der Waals surface area contributed by atoms with Gasteiger partial charge in [-0.1, -0.05) is 108 Å². The van der Waals surface area contributed by atoms with E-state index in [9.17, 15) is 28.0 Å². The lowest BCUT2D eigenvalue weighted by Crippen LogP contribution is -2.50. The van der Waals surface area contributed by atoms with Gasteiger partial charge in [0.2, 0.25) is 5.91 Å². The largest absolute Gasteiger partial charge is 0.387 e. The molecule has 0 aliphatic rings. The van der Waals surface area contributed by atoms with Crippen molar-refractivity contribution in [1.82, 2.24) is 5.32 Å². The third-order valence-corrected chi connectivity index (χ3v) is 7.43. The summed E-state index contributed by atoms with van der Waals surface area (Å²) in [5, 5.41) is 23.0. The molecule has 0 bridgehead atoms. The van der Waals surface area contributed by atoms with Crippen LogP contribution in [0.4, 0.5) is 0 Å². The number of nitrogens with one attached hydrogen (secondary N) is 1. The van der Waals surface area contributed by atoms with Gasteiger partial charge in [-0.05, 0) is 57.8 Å². The van der Waals surface area contributed by atoms with E-state index < -0.39 is 40.0 Å². The smallest absolute Gasteiger partial charge is 0.267 e. The van der Waals surface area contributed by atoms with Crippen LogP contribution in [0.2, 0.25) is 0 Å². The summed E-state index contributed by atoms with van der Waals surface area (Å²) in [4.78, 5) is 12.4. The van der Waals surface area contributed by atoms with Crippen molar-refractivity contribution in [3.63, 3.8) is 0 Å². The van der Waals surface area contributed by atoms with Gasteiger partial charge >= 0.3 is 0 Å². The molecule has 0 aromatic rings. The molecule has 0 radical (unpaired) electrons. The van der Waals surface area contributed by atoms with Crippen molar-refractivity contribution in [2.75, 3.05) is 5.75 Å². The maximum absolute atomic E-state index is 12.4. The molecule has 0 heterocycles. The normalized spacial score (nSPS) is 14.9. The van der Waals surface area contributed by atoms with E-state index in [0.29, 0.717) is 12.8 Å². The van der Waals surface area contributed by atoms with Crippen LogP contribution in [0.5, 0.6) is 0 Å². The lowest BCUT2D eigenvalue weighted by molar-refractivity contribution is -0.130. The highest BCUT2D eigenvalue weighted by Crippen LogP contribution is 2.10. The second-order valence-corrected chi connectivity index (χ2v) is 12.0. The Kier molecular flexibility index (Phi) is 24.5. The van der Waals surface area contributed by atoms with E-state index in [4.69, 9.17) is 0 Å². The van der Waals surface area contributed by atoms with Crippen molar-refractivity contribution >= 4 is 16.0 Å². The van der Waals surface area contributed by atoms with E-state index in [1.807, 2.05) is 0 Å². The highest BCUT2D eigenvalue weighted by Gasteiger charge is 2.27. The Morgan fingerprint density at radius 2 is 1.15 bits per heavy atom. The second kappa shape index (κ2) is 25.5. The van der Waals surface area contributed by atoms with Crippen molar-refractivity contribution in [2.24, 2.45) is 0 Å². The van der Waals surface area contributed by atoms with Crippen LogP contribution in [0.25, 0.3) is 0 Å². The number of amides is 1. The van der Waals surface area contributed by atoms with E-state index in [0.717, 1.165) is 32.1 Å². The molecule has 7 nitrogen and oxygen atoms in total. The molecular formula is C31H57NO6S. The Morgan fingerprint density at radius 1 is 0.692 bits per heavy atom. The first-order valence-corrected chi connectivity index (χ1v) is 16.9. The summed E-state index contributed by atoms with van der Waals surface area (Å²) in [6.45, 7) is 4.40. The van der Waals surface area contributed by atoms with Gasteiger partial charge in [0.05, 0.1) is 17.9 Å². The highest BCUT2D eigenvalue weighted by molar-refractivity contribution is 7.85. The highest BCUT2D eigenvalue weighted by atomic mass is 32.2. The van der Waals surface area contributed by atoms with E-state index >= 15 is 0 Å². The fourth-order valence-electron chi connectivity index (χ4n) is 4.23. The number of rotatable bonds is 26.